The van der Waals surface area contributed by atoms with Crippen molar-refractivity contribution in [3.8, 4) is 0 Å². The quantitative estimate of drug-likeness (QED) is 0.618. The summed E-state index contributed by atoms with van der Waals surface area (Å²) in [4.78, 5) is 16.9. The van der Waals surface area contributed by atoms with E-state index in [1.165, 1.54) is 7.11 Å². The molecule has 4 nitrogen and oxygen atoms in total. The summed E-state index contributed by atoms with van der Waals surface area (Å²) in [6, 6.07) is 3.16. The number of carbonyl (C=O) groups excluding carboxylic acids is 1. The van der Waals surface area contributed by atoms with E-state index >= 15 is 0 Å². The van der Waals surface area contributed by atoms with Crippen molar-refractivity contribution in [1.29, 1.82) is 0 Å². The van der Waals surface area contributed by atoms with Gasteiger partial charge in [-0.25, -0.2) is 0 Å². The number of esters is 1. The van der Waals surface area contributed by atoms with Crippen LogP contribution in [-0.4, -0.2) is 24.9 Å². The number of methoxy groups -OCH3 is 1. The maximum absolute atomic E-state index is 11.8. The molecule has 1 aliphatic rings. The molecule has 1 aliphatic heterocycles. The molecular weight excluding hydrogens is 312 g/mol. The molecule has 0 amide bonds. The van der Waals surface area contributed by atoms with Crippen molar-refractivity contribution in [3.05, 3.63) is 32.8 Å². The molecular formula is C12H10Cl3NO3. The predicted molar refractivity (Wildman–Crippen MR) is 74.1 cm³/mol. The van der Waals surface area contributed by atoms with E-state index in [-0.39, 0.29) is 5.02 Å². The first-order chi connectivity index (χ1) is 8.97. The molecule has 1 aromatic rings. The molecule has 0 aromatic heterocycles. The molecule has 102 valence electrons. The van der Waals surface area contributed by atoms with Crippen LogP contribution < -0.4 is 0 Å². The highest BCUT2D eigenvalue weighted by molar-refractivity contribution is 6.47. The van der Waals surface area contributed by atoms with E-state index in [2.05, 4.69) is 5.16 Å². The van der Waals surface area contributed by atoms with E-state index in [0.29, 0.717) is 21.3 Å². The second-order valence-corrected chi connectivity index (χ2v) is 5.20. The Labute approximate surface area is 125 Å². The largest absolute Gasteiger partial charge is 0.468 e. The lowest BCUT2D eigenvalue weighted by Crippen LogP contribution is -2.31. The first-order valence-corrected chi connectivity index (χ1v) is 6.56. The first-order valence-electron chi connectivity index (χ1n) is 5.42. The second kappa shape index (κ2) is 5.57. The highest BCUT2D eigenvalue weighted by Gasteiger charge is 2.40. The van der Waals surface area contributed by atoms with Crippen LogP contribution in [0.1, 0.15) is 12.5 Å². The lowest BCUT2D eigenvalue weighted by molar-refractivity contribution is -0.145. The van der Waals surface area contributed by atoms with Gasteiger partial charge in [-0.2, -0.15) is 0 Å². The van der Waals surface area contributed by atoms with E-state index in [1.54, 1.807) is 19.1 Å². The molecule has 0 saturated heterocycles. The van der Waals surface area contributed by atoms with E-state index in [1.807, 2.05) is 0 Å². The van der Waals surface area contributed by atoms with Crippen molar-refractivity contribution in [2.75, 3.05) is 7.11 Å². The van der Waals surface area contributed by atoms with Crippen molar-refractivity contribution in [2.45, 2.75) is 13.0 Å². The molecule has 0 aliphatic carbocycles. The molecule has 0 N–H and O–H groups in total. The van der Waals surface area contributed by atoms with Crippen LogP contribution >= 0.6 is 34.8 Å². The van der Waals surface area contributed by atoms with Gasteiger partial charge in [-0.15, -0.1) is 0 Å². The molecule has 1 aromatic carbocycles. The lowest BCUT2D eigenvalue weighted by Gasteiger charge is -2.14. The molecule has 0 unspecified atom stereocenters. The van der Waals surface area contributed by atoms with Crippen LogP contribution in [0.25, 0.3) is 0 Å². The second-order valence-electron chi connectivity index (χ2n) is 4.01. The molecule has 0 fully saturated rings. The summed E-state index contributed by atoms with van der Waals surface area (Å²) in [6.07, 6.45) is -0.450. The molecule has 2 rings (SSSR count). The van der Waals surface area contributed by atoms with Crippen LogP contribution in [0.4, 0.5) is 0 Å². The summed E-state index contributed by atoms with van der Waals surface area (Å²) in [5, 5.41) is 4.80. The molecule has 0 bridgehead atoms. The fraction of sp³-hybridized carbons (Fsp3) is 0.333. The monoisotopic (exact) mass is 321 g/mol. The number of halogens is 3. The van der Waals surface area contributed by atoms with Gasteiger partial charge in [0.1, 0.15) is 17.7 Å². The van der Waals surface area contributed by atoms with Crippen molar-refractivity contribution in [2.24, 2.45) is 11.1 Å². The molecule has 2 atom stereocenters. The fourth-order valence-electron chi connectivity index (χ4n) is 1.87. The Morgan fingerprint density at radius 1 is 1.32 bits per heavy atom. The number of carbonyl (C=O) groups is 1. The van der Waals surface area contributed by atoms with Gasteiger partial charge >= 0.3 is 5.97 Å². The zero-order valence-electron chi connectivity index (χ0n) is 10.1. The summed E-state index contributed by atoms with van der Waals surface area (Å²) in [7, 11) is 1.30. The maximum atomic E-state index is 11.8. The van der Waals surface area contributed by atoms with E-state index in [4.69, 9.17) is 44.4 Å². The number of rotatable bonds is 2. The van der Waals surface area contributed by atoms with Crippen molar-refractivity contribution < 1.29 is 14.4 Å². The lowest BCUT2D eigenvalue weighted by atomic mass is 9.93. The van der Waals surface area contributed by atoms with Crippen LogP contribution in [0.15, 0.2) is 17.3 Å². The third-order valence-electron chi connectivity index (χ3n) is 2.84. The van der Waals surface area contributed by atoms with Gasteiger partial charge in [0, 0.05) is 5.56 Å². The number of oxime groups is 1. The smallest absolute Gasteiger partial charge is 0.318 e. The summed E-state index contributed by atoms with van der Waals surface area (Å²) in [5.74, 6) is -1.14. The normalized spacial score (nSPS) is 21.8. The molecule has 1 heterocycles. The Balaban J connectivity index is 2.53. The topological polar surface area (TPSA) is 47.9 Å². The van der Waals surface area contributed by atoms with Gasteiger partial charge in [0.25, 0.3) is 0 Å². The Morgan fingerprint density at radius 3 is 2.58 bits per heavy atom. The van der Waals surface area contributed by atoms with Crippen LogP contribution in [-0.2, 0) is 14.4 Å². The van der Waals surface area contributed by atoms with Gasteiger partial charge < -0.3 is 9.57 Å². The fourth-order valence-corrected chi connectivity index (χ4v) is 2.59. The maximum Gasteiger partial charge on any atom is 0.318 e. The number of hydrogen-bond donors (Lipinski definition) is 0. The standard InChI is InChI=1S/C12H10Cl3NO3/c1-5-8(12(17)18-2)11(16-19-5)9-6(13)3-4-7(14)10(9)15/h3-5,8H,1-2H3/t5-,8-/m0/s1. The molecule has 0 radical (unpaired) electrons. The number of ether oxygens (including phenoxy) is 1. The number of nitrogens with zero attached hydrogens (tertiary/aromatic N) is 1. The van der Waals surface area contributed by atoms with E-state index < -0.39 is 18.0 Å². The first kappa shape index (κ1) is 14.4. The Kier molecular flexibility index (Phi) is 4.23. The average molecular weight is 323 g/mol. The van der Waals surface area contributed by atoms with Crippen LogP contribution in [0, 0.1) is 5.92 Å². The molecule has 0 spiro atoms. The minimum absolute atomic E-state index is 0.236. The molecule has 0 saturated carbocycles. The number of hydrogen-bond acceptors (Lipinski definition) is 4. The minimum Gasteiger partial charge on any atom is -0.468 e. The minimum atomic E-state index is -0.682. The summed E-state index contributed by atoms with van der Waals surface area (Å²) >= 11 is 18.2. The SMILES string of the molecule is COC(=O)[C@@H]1C(c2c(Cl)ccc(Cl)c2Cl)=NO[C@H]1C. The number of benzene rings is 1. The van der Waals surface area contributed by atoms with Gasteiger partial charge in [0.15, 0.2) is 0 Å². The van der Waals surface area contributed by atoms with E-state index in [0.717, 1.165) is 0 Å². The third kappa shape index (κ3) is 2.53. The summed E-state index contributed by atoms with van der Waals surface area (Å²) in [5.41, 5.74) is 0.729. The average Bonchev–Trinajstić information content (AvgIpc) is 2.75. The Morgan fingerprint density at radius 2 is 1.95 bits per heavy atom. The van der Waals surface area contributed by atoms with Gasteiger partial charge in [-0.1, -0.05) is 40.0 Å². The highest BCUT2D eigenvalue weighted by atomic mass is 35.5. The van der Waals surface area contributed by atoms with Gasteiger partial charge in [-0.3, -0.25) is 4.79 Å². The molecule has 7 heteroatoms. The van der Waals surface area contributed by atoms with Crippen LogP contribution in [0.2, 0.25) is 15.1 Å². The predicted octanol–water partition coefficient (Wildman–Crippen LogP) is 3.56. The zero-order valence-corrected chi connectivity index (χ0v) is 12.4. The van der Waals surface area contributed by atoms with Gasteiger partial charge in [-0.05, 0) is 19.1 Å². The zero-order chi connectivity index (χ0) is 14.2. The van der Waals surface area contributed by atoms with Crippen molar-refractivity contribution in [3.63, 3.8) is 0 Å². The Bertz CT molecular complexity index is 559. The Hall–Kier alpha value is -0.970. The van der Waals surface area contributed by atoms with Crippen molar-refractivity contribution in [1.82, 2.24) is 0 Å². The van der Waals surface area contributed by atoms with Crippen LogP contribution in [0.3, 0.4) is 0 Å². The van der Waals surface area contributed by atoms with Crippen molar-refractivity contribution >= 4 is 46.5 Å². The molecule has 19 heavy (non-hydrogen) atoms. The highest BCUT2D eigenvalue weighted by Crippen LogP contribution is 2.36. The summed E-state index contributed by atoms with van der Waals surface area (Å²) in [6.45, 7) is 1.71. The van der Waals surface area contributed by atoms with Gasteiger partial charge in [0.2, 0.25) is 0 Å². The third-order valence-corrected chi connectivity index (χ3v) is 3.96. The van der Waals surface area contributed by atoms with E-state index in [9.17, 15) is 4.79 Å². The summed E-state index contributed by atoms with van der Waals surface area (Å²) < 4.78 is 4.75. The van der Waals surface area contributed by atoms with Gasteiger partial charge in [0.05, 0.1) is 22.2 Å². The van der Waals surface area contributed by atoms with Crippen LogP contribution in [0.5, 0.6) is 0 Å².